The lowest BCUT2D eigenvalue weighted by Gasteiger charge is -2.17. The first kappa shape index (κ1) is 15.5. The van der Waals surface area contributed by atoms with Crippen LogP contribution in [0.1, 0.15) is 17.2 Å². The average Bonchev–Trinajstić information content (AvgIpc) is 2.48. The molecule has 0 fully saturated rings. The smallest absolute Gasteiger partial charge is 0.179 e. The minimum Gasteiger partial charge on any atom is -0.493 e. The summed E-state index contributed by atoms with van der Waals surface area (Å²) in [4.78, 5) is 0. The zero-order valence-electron chi connectivity index (χ0n) is 11.5. The molecule has 0 spiro atoms. The quantitative estimate of drug-likeness (QED) is 0.936. The summed E-state index contributed by atoms with van der Waals surface area (Å²) >= 11 is 6.11. The minimum atomic E-state index is -0.950. The second kappa shape index (κ2) is 6.28. The van der Waals surface area contributed by atoms with E-state index in [1.54, 1.807) is 12.1 Å². The Hall–Kier alpha value is -1.85. The Bertz CT molecular complexity index is 664. The van der Waals surface area contributed by atoms with E-state index < -0.39 is 17.7 Å². The number of halogens is 3. The monoisotopic (exact) mass is 313 g/mol. The third-order valence-electron chi connectivity index (χ3n) is 3.12. The van der Waals surface area contributed by atoms with Gasteiger partial charge in [-0.1, -0.05) is 17.7 Å². The first-order chi connectivity index (χ1) is 9.97. The largest absolute Gasteiger partial charge is 0.493 e. The van der Waals surface area contributed by atoms with Gasteiger partial charge in [0, 0.05) is 0 Å². The van der Waals surface area contributed by atoms with Crippen LogP contribution in [-0.4, -0.2) is 14.2 Å². The molecule has 3 nitrogen and oxygen atoms in total. The zero-order valence-corrected chi connectivity index (χ0v) is 12.2. The van der Waals surface area contributed by atoms with Crippen LogP contribution >= 0.6 is 11.6 Å². The summed E-state index contributed by atoms with van der Waals surface area (Å²) in [6, 6.07) is 6.11. The summed E-state index contributed by atoms with van der Waals surface area (Å²) < 4.78 is 36.6. The molecule has 112 valence electrons. The van der Waals surface area contributed by atoms with Crippen molar-refractivity contribution in [1.82, 2.24) is 0 Å². The Kier molecular flexibility index (Phi) is 4.65. The molecule has 21 heavy (non-hydrogen) atoms. The number of methoxy groups -OCH3 is 2. The maximum Gasteiger partial charge on any atom is 0.179 e. The predicted octanol–water partition coefficient (Wildman–Crippen LogP) is 3.68. The molecular formula is C15H14ClF2NO2. The van der Waals surface area contributed by atoms with Gasteiger partial charge in [0.25, 0.3) is 0 Å². The summed E-state index contributed by atoms with van der Waals surface area (Å²) in [5.41, 5.74) is 7.10. The summed E-state index contributed by atoms with van der Waals surface area (Å²) in [6.07, 6.45) is 0. The Balaban J connectivity index is 2.45. The summed E-state index contributed by atoms with van der Waals surface area (Å²) in [7, 11) is 2.94. The summed E-state index contributed by atoms with van der Waals surface area (Å²) in [6.45, 7) is 0. The van der Waals surface area contributed by atoms with E-state index >= 15 is 0 Å². The number of rotatable bonds is 4. The van der Waals surface area contributed by atoms with Crippen LogP contribution in [-0.2, 0) is 0 Å². The molecule has 0 bridgehead atoms. The highest BCUT2D eigenvalue weighted by Gasteiger charge is 2.17. The topological polar surface area (TPSA) is 44.5 Å². The first-order valence-electron chi connectivity index (χ1n) is 6.10. The molecule has 0 aromatic heterocycles. The highest BCUT2D eigenvalue weighted by Crippen LogP contribution is 2.38. The van der Waals surface area contributed by atoms with Gasteiger partial charge >= 0.3 is 0 Å². The van der Waals surface area contributed by atoms with Crippen molar-refractivity contribution in [1.29, 1.82) is 0 Å². The van der Waals surface area contributed by atoms with Gasteiger partial charge in [-0.2, -0.15) is 0 Å². The maximum absolute atomic E-state index is 13.3. The fourth-order valence-corrected chi connectivity index (χ4v) is 2.31. The van der Waals surface area contributed by atoms with Gasteiger partial charge in [0.05, 0.1) is 25.3 Å². The van der Waals surface area contributed by atoms with Crippen LogP contribution in [0.15, 0.2) is 30.3 Å². The third kappa shape index (κ3) is 3.09. The highest BCUT2D eigenvalue weighted by atomic mass is 35.5. The van der Waals surface area contributed by atoms with E-state index in [9.17, 15) is 8.78 Å². The van der Waals surface area contributed by atoms with Crippen LogP contribution < -0.4 is 15.2 Å². The molecule has 0 aliphatic carbocycles. The van der Waals surface area contributed by atoms with Crippen molar-refractivity contribution in [3.8, 4) is 11.5 Å². The van der Waals surface area contributed by atoms with Crippen molar-refractivity contribution in [3.05, 3.63) is 58.1 Å². The molecule has 0 saturated carbocycles. The average molecular weight is 314 g/mol. The van der Waals surface area contributed by atoms with Crippen LogP contribution in [0, 0.1) is 11.6 Å². The zero-order chi connectivity index (χ0) is 15.6. The number of hydrogen-bond acceptors (Lipinski definition) is 3. The van der Waals surface area contributed by atoms with E-state index in [1.807, 2.05) is 0 Å². The minimum absolute atomic E-state index is 0.324. The normalized spacial score (nSPS) is 12.1. The SMILES string of the molecule is COc1cc(C(N)c2ccc(F)c(F)c2)cc(Cl)c1OC. The van der Waals surface area contributed by atoms with Crippen LogP contribution in [0.2, 0.25) is 5.02 Å². The van der Waals surface area contributed by atoms with Gasteiger partial charge in [-0.05, 0) is 35.4 Å². The molecule has 1 unspecified atom stereocenters. The lowest BCUT2D eigenvalue weighted by molar-refractivity contribution is 0.354. The van der Waals surface area contributed by atoms with Gasteiger partial charge in [-0.15, -0.1) is 0 Å². The molecule has 2 rings (SSSR count). The second-order valence-electron chi connectivity index (χ2n) is 4.39. The second-order valence-corrected chi connectivity index (χ2v) is 4.80. The number of nitrogens with two attached hydrogens (primary N) is 1. The van der Waals surface area contributed by atoms with Crippen molar-refractivity contribution < 1.29 is 18.3 Å². The van der Waals surface area contributed by atoms with Crippen molar-refractivity contribution in [2.45, 2.75) is 6.04 Å². The molecule has 0 radical (unpaired) electrons. The van der Waals surface area contributed by atoms with E-state index in [0.29, 0.717) is 27.6 Å². The molecule has 0 saturated heterocycles. The Morgan fingerprint density at radius 1 is 1.00 bits per heavy atom. The van der Waals surface area contributed by atoms with Crippen LogP contribution in [0.4, 0.5) is 8.78 Å². The van der Waals surface area contributed by atoms with Gasteiger partial charge in [-0.3, -0.25) is 0 Å². The molecule has 0 aliphatic rings. The molecule has 2 aromatic carbocycles. The maximum atomic E-state index is 13.3. The fraction of sp³-hybridized carbons (Fsp3) is 0.200. The molecule has 0 heterocycles. The standard InChI is InChI=1S/C15H14ClF2NO2/c1-20-13-7-9(5-10(16)15(13)21-2)14(19)8-3-4-11(17)12(18)6-8/h3-7,14H,19H2,1-2H3. The van der Waals surface area contributed by atoms with Crippen LogP contribution in [0.25, 0.3) is 0 Å². The molecule has 6 heteroatoms. The fourth-order valence-electron chi connectivity index (χ4n) is 2.02. The number of hydrogen-bond donors (Lipinski definition) is 1. The van der Waals surface area contributed by atoms with Crippen molar-refractivity contribution in [2.75, 3.05) is 14.2 Å². The van der Waals surface area contributed by atoms with Crippen molar-refractivity contribution in [2.24, 2.45) is 5.73 Å². The first-order valence-corrected chi connectivity index (χ1v) is 6.47. The number of ether oxygens (including phenoxy) is 2. The van der Waals surface area contributed by atoms with Crippen molar-refractivity contribution in [3.63, 3.8) is 0 Å². The summed E-state index contributed by atoms with van der Waals surface area (Å²) in [5.74, 6) is -1.07. The number of benzene rings is 2. The summed E-state index contributed by atoms with van der Waals surface area (Å²) in [5, 5.41) is 0.324. The van der Waals surface area contributed by atoms with E-state index in [4.69, 9.17) is 26.8 Å². The van der Waals surface area contributed by atoms with Gasteiger partial charge in [0.15, 0.2) is 23.1 Å². The third-order valence-corrected chi connectivity index (χ3v) is 3.40. The molecule has 1 atom stereocenters. The van der Waals surface area contributed by atoms with Gasteiger partial charge < -0.3 is 15.2 Å². The molecular weight excluding hydrogens is 300 g/mol. The van der Waals surface area contributed by atoms with Gasteiger partial charge in [-0.25, -0.2) is 8.78 Å². The van der Waals surface area contributed by atoms with E-state index in [2.05, 4.69) is 0 Å². The van der Waals surface area contributed by atoms with Crippen LogP contribution in [0.3, 0.4) is 0 Å². The molecule has 2 N–H and O–H groups in total. The van der Waals surface area contributed by atoms with E-state index in [-0.39, 0.29) is 0 Å². The Morgan fingerprint density at radius 2 is 1.71 bits per heavy atom. The molecule has 2 aromatic rings. The van der Waals surface area contributed by atoms with Gasteiger partial charge in [0.1, 0.15) is 0 Å². The van der Waals surface area contributed by atoms with Gasteiger partial charge in [0.2, 0.25) is 0 Å². The molecule has 0 aliphatic heterocycles. The predicted molar refractivity (Wildman–Crippen MR) is 76.9 cm³/mol. The highest BCUT2D eigenvalue weighted by molar-refractivity contribution is 6.32. The lowest BCUT2D eigenvalue weighted by Crippen LogP contribution is -2.13. The lowest BCUT2D eigenvalue weighted by atomic mass is 9.99. The van der Waals surface area contributed by atoms with Crippen molar-refractivity contribution >= 4 is 11.6 Å². The Morgan fingerprint density at radius 3 is 2.29 bits per heavy atom. The molecule has 0 amide bonds. The van der Waals surface area contributed by atoms with Crippen LogP contribution in [0.5, 0.6) is 11.5 Å². The van der Waals surface area contributed by atoms with E-state index in [1.165, 1.54) is 20.3 Å². The van der Waals surface area contributed by atoms with E-state index in [0.717, 1.165) is 12.1 Å². The Labute approximate surface area is 126 Å².